The number of aromatic nitrogens is 2. The minimum Gasteiger partial charge on any atom is -0.372 e. The topological polar surface area (TPSA) is 127 Å². The summed E-state index contributed by atoms with van der Waals surface area (Å²) in [6.45, 7) is 4.35. The number of urea groups is 1. The summed E-state index contributed by atoms with van der Waals surface area (Å²) in [6.07, 6.45) is 1.78. The molecule has 3 fully saturated rings. The summed E-state index contributed by atoms with van der Waals surface area (Å²) in [5, 5.41) is 8.73. The first-order valence-corrected chi connectivity index (χ1v) is 10.9. The van der Waals surface area contributed by atoms with E-state index in [0.29, 0.717) is 24.2 Å². The molecule has 1 spiro atoms. The maximum absolute atomic E-state index is 13.2. The number of imide groups is 2. The Bertz CT molecular complexity index is 1140. The Morgan fingerprint density at radius 3 is 2.59 bits per heavy atom. The van der Waals surface area contributed by atoms with Crippen LogP contribution in [-0.4, -0.2) is 52.8 Å². The van der Waals surface area contributed by atoms with Crippen molar-refractivity contribution in [2.75, 3.05) is 11.4 Å². The Morgan fingerprint density at radius 1 is 1.12 bits per heavy atom. The molecular formula is C22H23N5O5. The van der Waals surface area contributed by atoms with Crippen LogP contribution in [0.15, 0.2) is 22.7 Å². The van der Waals surface area contributed by atoms with Crippen LogP contribution in [0.1, 0.15) is 44.1 Å². The second-order valence-corrected chi connectivity index (χ2v) is 9.21. The molecule has 4 aliphatic rings. The zero-order valence-electron chi connectivity index (χ0n) is 17.8. The van der Waals surface area contributed by atoms with Crippen molar-refractivity contribution in [3.63, 3.8) is 0 Å². The van der Waals surface area contributed by atoms with Crippen molar-refractivity contribution >= 4 is 23.5 Å². The minimum atomic E-state index is -1.49. The Labute approximate surface area is 183 Å². The molecule has 0 radical (unpaired) electrons. The molecule has 1 saturated carbocycles. The summed E-state index contributed by atoms with van der Waals surface area (Å²) >= 11 is 0. The normalized spacial score (nSPS) is 28.8. The molecule has 1 aliphatic carbocycles. The third-order valence-corrected chi connectivity index (χ3v) is 6.94. The van der Waals surface area contributed by atoms with Crippen LogP contribution < -0.4 is 15.5 Å². The number of rotatable bonds is 2. The van der Waals surface area contributed by atoms with Crippen molar-refractivity contribution in [2.24, 2.45) is 5.41 Å². The molecule has 4 heterocycles. The molecule has 2 aromatic rings. The van der Waals surface area contributed by atoms with Gasteiger partial charge in [0.25, 0.3) is 0 Å². The van der Waals surface area contributed by atoms with E-state index in [1.165, 1.54) is 0 Å². The highest BCUT2D eigenvalue weighted by Crippen LogP contribution is 2.47. The fourth-order valence-corrected chi connectivity index (χ4v) is 5.44. The molecule has 1 aromatic carbocycles. The second-order valence-electron chi connectivity index (χ2n) is 9.21. The summed E-state index contributed by atoms with van der Waals surface area (Å²) < 4.78 is 11.4. The highest BCUT2D eigenvalue weighted by molar-refractivity contribution is 6.20. The van der Waals surface area contributed by atoms with Gasteiger partial charge in [0.1, 0.15) is 0 Å². The number of hydrogen-bond donors (Lipinski definition) is 2. The third kappa shape index (κ3) is 2.72. The number of carbonyl (C=O) groups is 3. The molecule has 2 saturated heterocycles. The second kappa shape index (κ2) is 6.61. The van der Waals surface area contributed by atoms with Gasteiger partial charge in [0.15, 0.2) is 5.41 Å². The van der Waals surface area contributed by atoms with Crippen LogP contribution in [0.5, 0.6) is 0 Å². The number of amides is 4. The SMILES string of the molecule is C[C@@H]1CN2c3ccc(-c4noc(C5CC5)n4)cc3CC3(C(=O)NC(=O)NC3=O)[C@H]2[C@H](C)O1. The number of nitrogens with one attached hydrogen (secondary N) is 2. The van der Waals surface area contributed by atoms with E-state index in [-0.39, 0.29) is 12.5 Å². The van der Waals surface area contributed by atoms with Gasteiger partial charge in [0.05, 0.1) is 18.2 Å². The van der Waals surface area contributed by atoms with Crippen LogP contribution >= 0.6 is 0 Å². The lowest BCUT2D eigenvalue weighted by Gasteiger charge is -2.55. The number of fused-ring (bicyclic) bond motifs is 4. The van der Waals surface area contributed by atoms with E-state index in [0.717, 1.165) is 29.7 Å². The van der Waals surface area contributed by atoms with Crippen LogP contribution in [-0.2, 0) is 20.7 Å². The predicted octanol–water partition coefficient (Wildman–Crippen LogP) is 1.50. The van der Waals surface area contributed by atoms with Gasteiger partial charge in [-0.05, 0) is 56.9 Å². The molecule has 0 unspecified atom stereocenters. The van der Waals surface area contributed by atoms with E-state index in [9.17, 15) is 14.4 Å². The maximum Gasteiger partial charge on any atom is 0.328 e. The maximum atomic E-state index is 13.2. The van der Waals surface area contributed by atoms with Crippen LogP contribution in [0.3, 0.4) is 0 Å². The monoisotopic (exact) mass is 437 g/mol. The van der Waals surface area contributed by atoms with Gasteiger partial charge in [0, 0.05) is 23.7 Å². The summed E-state index contributed by atoms with van der Waals surface area (Å²) in [4.78, 5) is 44.8. The number of hydrogen-bond acceptors (Lipinski definition) is 8. The van der Waals surface area contributed by atoms with Crippen molar-refractivity contribution in [1.82, 2.24) is 20.8 Å². The quantitative estimate of drug-likeness (QED) is 0.677. The van der Waals surface area contributed by atoms with Crippen LogP contribution in [0.2, 0.25) is 0 Å². The molecule has 2 N–H and O–H groups in total. The number of ether oxygens (including phenoxy) is 1. The molecule has 10 nitrogen and oxygen atoms in total. The zero-order chi connectivity index (χ0) is 22.2. The first-order chi connectivity index (χ1) is 15.4. The Hall–Kier alpha value is -3.27. The van der Waals surface area contributed by atoms with Crippen molar-refractivity contribution in [1.29, 1.82) is 0 Å². The van der Waals surface area contributed by atoms with Crippen molar-refractivity contribution in [3.05, 3.63) is 29.7 Å². The van der Waals surface area contributed by atoms with Gasteiger partial charge >= 0.3 is 6.03 Å². The van der Waals surface area contributed by atoms with Crippen LogP contribution in [0.25, 0.3) is 11.4 Å². The van der Waals surface area contributed by atoms with E-state index in [1.54, 1.807) is 0 Å². The van der Waals surface area contributed by atoms with Crippen LogP contribution in [0, 0.1) is 5.41 Å². The molecular weight excluding hydrogens is 414 g/mol. The number of benzene rings is 1. The molecule has 0 bridgehead atoms. The highest BCUT2D eigenvalue weighted by Gasteiger charge is 2.62. The van der Waals surface area contributed by atoms with E-state index >= 15 is 0 Å². The minimum absolute atomic E-state index is 0.0846. The molecule has 6 rings (SSSR count). The largest absolute Gasteiger partial charge is 0.372 e. The average molecular weight is 437 g/mol. The lowest BCUT2D eigenvalue weighted by Crippen LogP contribution is -2.75. The van der Waals surface area contributed by atoms with Crippen molar-refractivity contribution in [3.8, 4) is 11.4 Å². The number of carbonyl (C=O) groups excluding carboxylic acids is 3. The smallest absolute Gasteiger partial charge is 0.328 e. The molecule has 10 heteroatoms. The van der Waals surface area contributed by atoms with E-state index in [4.69, 9.17) is 9.26 Å². The number of nitrogens with zero attached hydrogens (tertiary/aromatic N) is 3. The highest BCUT2D eigenvalue weighted by atomic mass is 16.5. The summed E-state index contributed by atoms with van der Waals surface area (Å²) in [5.41, 5.74) is 1.03. The molecule has 3 atom stereocenters. The fraction of sp³-hybridized carbons (Fsp3) is 0.500. The molecule has 3 aliphatic heterocycles. The van der Waals surface area contributed by atoms with Crippen molar-refractivity contribution in [2.45, 2.75) is 57.3 Å². The first kappa shape index (κ1) is 19.4. The Balaban J connectivity index is 1.47. The van der Waals surface area contributed by atoms with Gasteiger partial charge in [-0.25, -0.2) is 4.79 Å². The fourth-order valence-electron chi connectivity index (χ4n) is 5.44. The van der Waals surface area contributed by atoms with Gasteiger partial charge in [0.2, 0.25) is 23.5 Å². The lowest BCUT2D eigenvalue weighted by molar-refractivity contribution is -0.153. The van der Waals surface area contributed by atoms with Gasteiger partial charge in [-0.15, -0.1) is 0 Å². The lowest BCUT2D eigenvalue weighted by atomic mass is 9.66. The molecule has 1 aromatic heterocycles. The Morgan fingerprint density at radius 2 is 1.88 bits per heavy atom. The summed E-state index contributed by atoms with van der Waals surface area (Å²) in [7, 11) is 0. The third-order valence-electron chi connectivity index (χ3n) is 6.94. The Kier molecular flexibility index (Phi) is 4.01. The molecule has 4 amide bonds. The van der Waals surface area contributed by atoms with E-state index in [1.807, 2.05) is 32.0 Å². The molecule has 166 valence electrons. The average Bonchev–Trinajstić information content (AvgIpc) is 3.47. The first-order valence-electron chi connectivity index (χ1n) is 10.9. The number of anilines is 1. The van der Waals surface area contributed by atoms with Crippen LogP contribution in [0.4, 0.5) is 10.5 Å². The number of barbiturate groups is 1. The standard InChI is InChI=1S/C22H23N5O5/c1-10-9-27-15-6-5-13(17-23-18(32-26-17)12-3-4-12)7-14(15)8-22(16(27)11(2)31-10)19(28)24-21(30)25-20(22)29/h5-7,10-12,16H,3-4,8-9H2,1-2H3,(H2,24,25,28,29,30)/t10-,11+,16-/m1/s1. The van der Waals surface area contributed by atoms with Gasteiger partial charge in [-0.2, -0.15) is 4.98 Å². The van der Waals surface area contributed by atoms with Gasteiger partial charge in [-0.1, -0.05) is 5.16 Å². The van der Waals surface area contributed by atoms with E-state index < -0.39 is 35.4 Å². The summed E-state index contributed by atoms with van der Waals surface area (Å²) in [6, 6.07) is 4.49. The summed E-state index contributed by atoms with van der Waals surface area (Å²) in [5.74, 6) is 0.286. The van der Waals surface area contributed by atoms with E-state index in [2.05, 4.69) is 25.7 Å². The van der Waals surface area contributed by atoms with Crippen molar-refractivity contribution < 1.29 is 23.6 Å². The van der Waals surface area contributed by atoms with Gasteiger partial charge < -0.3 is 14.2 Å². The predicted molar refractivity (Wildman–Crippen MR) is 111 cm³/mol. The zero-order valence-corrected chi connectivity index (χ0v) is 17.8. The number of morpholine rings is 1. The van der Waals surface area contributed by atoms with Gasteiger partial charge in [-0.3, -0.25) is 20.2 Å². The molecule has 32 heavy (non-hydrogen) atoms.